The highest BCUT2D eigenvalue weighted by Crippen LogP contribution is 2.43. The van der Waals surface area contributed by atoms with E-state index < -0.39 is 16.1 Å². The third kappa shape index (κ3) is 2.45. The first-order valence-corrected chi connectivity index (χ1v) is 9.80. The summed E-state index contributed by atoms with van der Waals surface area (Å²) in [5, 5.41) is 1.70. The summed E-state index contributed by atoms with van der Waals surface area (Å²) in [7, 11) is 1.87. The molecule has 0 radical (unpaired) electrons. The van der Waals surface area contributed by atoms with Crippen molar-refractivity contribution in [1.29, 1.82) is 0 Å². The molecule has 0 aliphatic carbocycles. The lowest BCUT2D eigenvalue weighted by atomic mass is 9.92. The zero-order valence-corrected chi connectivity index (χ0v) is 15.7. The lowest BCUT2D eigenvalue weighted by Crippen LogP contribution is -2.33. The van der Waals surface area contributed by atoms with Crippen LogP contribution in [0.15, 0.2) is 59.5 Å². The quantitative estimate of drug-likeness (QED) is 0.771. The van der Waals surface area contributed by atoms with Gasteiger partial charge < -0.3 is 9.64 Å². The second-order valence-electron chi connectivity index (χ2n) is 6.54. The van der Waals surface area contributed by atoms with Crippen LogP contribution in [0.1, 0.15) is 17.2 Å². The van der Waals surface area contributed by atoms with E-state index in [1.807, 2.05) is 61.5 Å². The molecule has 1 aliphatic heterocycles. The van der Waals surface area contributed by atoms with Gasteiger partial charge in [-0.25, -0.2) is 8.42 Å². The molecule has 0 bridgehead atoms. The summed E-state index contributed by atoms with van der Waals surface area (Å²) in [6.07, 6.45) is 0. The molecular weight excluding hydrogens is 348 g/mol. The summed E-state index contributed by atoms with van der Waals surface area (Å²) in [5.74, 6) is 0.657. The van der Waals surface area contributed by atoms with Crippen LogP contribution in [0.2, 0.25) is 0 Å². The molecule has 0 fully saturated rings. The Morgan fingerprint density at radius 2 is 1.73 bits per heavy atom. The molecule has 5 nitrogen and oxygen atoms in total. The predicted octanol–water partition coefficient (Wildman–Crippen LogP) is 3.30. The van der Waals surface area contributed by atoms with Crippen molar-refractivity contribution < 1.29 is 13.2 Å². The van der Waals surface area contributed by atoms with Crippen LogP contribution in [0.4, 0.5) is 5.69 Å². The van der Waals surface area contributed by atoms with Gasteiger partial charge in [-0.1, -0.05) is 36.4 Å². The third-order valence-corrected chi connectivity index (χ3v) is 6.28. The lowest BCUT2D eigenvalue weighted by molar-refractivity contribution is 0.406. The summed E-state index contributed by atoms with van der Waals surface area (Å²) in [4.78, 5) is 2.31. The molecule has 0 saturated carbocycles. The Morgan fingerprint density at radius 1 is 0.962 bits per heavy atom. The Balaban J connectivity index is 2.09. The van der Waals surface area contributed by atoms with Gasteiger partial charge in [0.2, 0.25) is 10.0 Å². The summed E-state index contributed by atoms with van der Waals surface area (Å²) in [6, 6.07) is 16.5. The van der Waals surface area contributed by atoms with Crippen LogP contribution in [-0.4, -0.2) is 29.6 Å². The molecule has 0 saturated heterocycles. The van der Waals surface area contributed by atoms with Crippen LogP contribution in [0.5, 0.6) is 5.75 Å². The van der Waals surface area contributed by atoms with Gasteiger partial charge in [0.1, 0.15) is 5.75 Å². The SMILES string of the molecule is COc1ccccc1C1NS(=O)(=O)c2cccc3c(N(C)C)ccc1c23. The van der Waals surface area contributed by atoms with E-state index in [1.165, 1.54) is 0 Å². The molecule has 0 amide bonds. The van der Waals surface area contributed by atoms with Gasteiger partial charge in [-0.2, -0.15) is 4.72 Å². The minimum absolute atomic E-state index is 0.319. The minimum atomic E-state index is -3.64. The Morgan fingerprint density at radius 3 is 2.46 bits per heavy atom. The number of nitrogens with one attached hydrogen (secondary N) is 1. The van der Waals surface area contributed by atoms with E-state index in [0.717, 1.165) is 27.6 Å². The number of anilines is 1. The van der Waals surface area contributed by atoms with Crippen LogP contribution >= 0.6 is 0 Å². The van der Waals surface area contributed by atoms with Crippen molar-refractivity contribution in [3.05, 3.63) is 65.7 Å². The van der Waals surface area contributed by atoms with E-state index in [1.54, 1.807) is 19.2 Å². The van der Waals surface area contributed by atoms with Gasteiger partial charge in [-0.3, -0.25) is 0 Å². The summed E-state index contributed by atoms with van der Waals surface area (Å²) in [5.41, 5.74) is 2.72. The first-order valence-electron chi connectivity index (χ1n) is 8.32. The molecule has 1 unspecified atom stereocenters. The van der Waals surface area contributed by atoms with Gasteiger partial charge in [0.05, 0.1) is 18.0 Å². The van der Waals surface area contributed by atoms with Crippen LogP contribution in [-0.2, 0) is 10.0 Å². The highest BCUT2D eigenvalue weighted by molar-refractivity contribution is 7.89. The summed E-state index contributed by atoms with van der Waals surface area (Å²) < 4.78 is 34.2. The molecule has 3 aromatic carbocycles. The normalized spacial score (nSPS) is 17.9. The van der Waals surface area contributed by atoms with Crippen LogP contribution in [0.25, 0.3) is 10.8 Å². The predicted molar refractivity (Wildman–Crippen MR) is 103 cm³/mol. The maximum Gasteiger partial charge on any atom is 0.242 e. The highest BCUT2D eigenvalue weighted by atomic mass is 32.2. The number of benzene rings is 3. The van der Waals surface area contributed by atoms with Gasteiger partial charge in [0.25, 0.3) is 0 Å². The second-order valence-corrected chi connectivity index (χ2v) is 8.23. The molecule has 1 aliphatic rings. The van der Waals surface area contributed by atoms with E-state index in [2.05, 4.69) is 4.72 Å². The molecule has 1 heterocycles. The summed E-state index contributed by atoms with van der Waals surface area (Å²) in [6.45, 7) is 0. The van der Waals surface area contributed by atoms with Crippen molar-refractivity contribution in [2.45, 2.75) is 10.9 Å². The van der Waals surface area contributed by atoms with Gasteiger partial charge >= 0.3 is 0 Å². The Hall–Kier alpha value is -2.57. The zero-order valence-electron chi connectivity index (χ0n) is 14.9. The maximum atomic E-state index is 13.0. The monoisotopic (exact) mass is 368 g/mol. The second kappa shape index (κ2) is 6.00. The zero-order chi connectivity index (χ0) is 18.5. The van der Waals surface area contributed by atoms with Crippen molar-refractivity contribution >= 4 is 26.5 Å². The molecule has 3 aromatic rings. The number of ether oxygens (including phenoxy) is 1. The number of methoxy groups -OCH3 is 1. The third-order valence-electron chi connectivity index (χ3n) is 4.82. The number of sulfonamides is 1. The van der Waals surface area contributed by atoms with Crippen molar-refractivity contribution in [2.24, 2.45) is 0 Å². The number of rotatable bonds is 3. The molecule has 6 heteroatoms. The average Bonchev–Trinajstić information content (AvgIpc) is 2.64. The number of nitrogens with zero attached hydrogens (tertiary/aromatic N) is 1. The number of hydrogen-bond acceptors (Lipinski definition) is 4. The molecule has 1 atom stereocenters. The molecule has 26 heavy (non-hydrogen) atoms. The van der Waals surface area contributed by atoms with Gasteiger partial charge in [-0.15, -0.1) is 0 Å². The van der Waals surface area contributed by atoms with Crippen LogP contribution in [0.3, 0.4) is 0 Å². The van der Waals surface area contributed by atoms with Crippen molar-refractivity contribution in [3.63, 3.8) is 0 Å². The van der Waals surface area contributed by atoms with Crippen molar-refractivity contribution in [2.75, 3.05) is 26.1 Å². The minimum Gasteiger partial charge on any atom is -0.496 e. The topological polar surface area (TPSA) is 58.6 Å². The standard InChI is InChI=1S/C20H20N2O3S/c1-22(2)16-12-11-15-19-13(16)8-6-10-18(19)26(23,24)21-20(15)14-7-4-5-9-17(14)25-3/h4-12,20-21H,1-3H3. The molecule has 4 rings (SSSR count). The van der Waals surface area contributed by atoms with Crippen LogP contribution < -0.4 is 14.4 Å². The fourth-order valence-corrected chi connectivity index (χ4v) is 5.10. The Labute approximate surface area is 153 Å². The first kappa shape index (κ1) is 16.9. The molecule has 1 N–H and O–H groups in total. The van der Waals surface area contributed by atoms with E-state index >= 15 is 0 Å². The Kier molecular flexibility index (Phi) is 3.89. The first-order chi connectivity index (χ1) is 12.4. The smallest absolute Gasteiger partial charge is 0.242 e. The largest absolute Gasteiger partial charge is 0.496 e. The number of para-hydroxylation sites is 1. The summed E-state index contributed by atoms with van der Waals surface area (Å²) >= 11 is 0. The van der Waals surface area contributed by atoms with Crippen molar-refractivity contribution in [1.82, 2.24) is 4.72 Å². The Bertz CT molecular complexity index is 1110. The average molecular weight is 368 g/mol. The fourth-order valence-electron chi connectivity index (χ4n) is 3.66. The maximum absolute atomic E-state index is 13.0. The molecule has 134 valence electrons. The lowest BCUT2D eigenvalue weighted by Gasteiger charge is -2.29. The highest BCUT2D eigenvalue weighted by Gasteiger charge is 2.34. The fraction of sp³-hybridized carbons (Fsp3) is 0.200. The van der Waals surface area contributed by atoms with Crippen LogP contribution in [0, 0.1) is 0 Å². The molecule has 0 aromatic heterocycles. The van der Waals surface area contributed by atoms with E-state index in [4.69, 9.17) is 4.74 Å². The van der Waals surface area contributed by atoms with Gasteiger partial charge in [-0.05, 0) is 23.8 Å². The number of hydrogen-bond donors (Lipinski definition) is 1. The van der Waals surface area contributed by atoms with E-state index in [9.17, 15) is 8.42 Å². The van der Waals surface area contributed by atoms with Crippen molar-refractivity contribution in [3.8, 4) is 5.75 Å². The molecular formula is C20H20N2O3S. The van der Waals surface area contributed by atoms with Gasteiger partial charge in [0, 0.05) is 36.1 Å². The van der Waals surface area contributed by atoms with E-state index in [0.29, 0.717) is 10.6 Å². The van der Waals surface area contributed by atoms with E-state index in [-0.39, 0.29) is 0 Å². The van der Waals surface area contributed by atoms with Gasteiger partial charge in [0.15, 0.2) is 0 Å². The molecule has 0 spiro atoms.